The Kier molecular flexibility index (Phi) is 7.53. The maximum Gasteiger partial charge on any atom is 0.242 e. The second kappa shape index (κ2) is 9.86. The van der Waals surface area contributed by atoms with E-state index in [0.717, 1.165) is 23.1 Å². The minimum atomic E-state index is -0.593. The number of carbonyl (C=O) groups excluding carboxylic acids is 2. The molecule has 0 bridgehead atoms. The Labute approximate surface area is 160 Å². The van der Waals surface area contributed by atoms with E-state index >= 15 is 0 Å². The highest BCUT2D eigenvalue weighted by Gasteiger charge is 2.26. The van der Waals surface area contributed by atoms with Crippen LogP contribution in [0.2, 0.25) is 0 Å². The van der Waals surface area contributed by atoms with Gasteiger partial charge in [-0.1, -0.05) is 43.3 Å². The molecule has 1 atom stereocenters. The number of nitrogens with one attached hydrogen (secondary N) is 1. The second-order valence-electron chi connectivity index (χ2n) is 6.72. The van der Waals surface area contributed by atoms with Gasteiger partial charge in [0.2, 0.25) is 11.8 Å². The van der Waals surface area contributed by atoms with Crippen molar-refractivity contribution < 1.29 is 14.0 Å². The summed E-state index contributed by atoms with van der Waals surface area (Å²) in [7, 11) is 0. The third kappa shape index (κ3) is 5.91. The molecule has 0 saturated heterocycles. The molecule has 0 aliphatic heterocycles. The molecule has 0 spiro atoms. The van der Waals surface area contributed by atoms with Gasteiger partial charge in [-0.25, -0.2) is 4.39 Å². The molecule has 0 aliphatic rings. The first-order chi connectivity index (χ1) is 12.9. The first-order valence-electron chi connectivity index (χ1n) is 9.28. The molecule has 27 heavy (non-hydrogen) atoms. The summed E-state index contributed by atoms with van der Waals surface area (Å²) in [6.07, 6.45) is 0.956. The normalized spacial score (nSPS) is 11.7. The van der Waals surface area contributed by atoms with Crippen LogP contribution in [0.3, 0.4) is 0 Å². The molecular weight excluding hydrogens is 343 g/mol. The monoisotopic (exact) mass is 370 g/mol. The highest BCUT2D eigenvalue weighted by molar-refractivity contribution is 5.88. The van der Waals surface area contributed by atoms with E-state index in [9.17, 15) is 14.0 Å². The van der Waals surface area contributed by atoms with Crippen LogP contribution in [0.5, 0.6) is 0 Å². The fraction of sp³-hybridized carbons (Fsp3) is 0.364. The molecule has 2 rings (SSSR count). The number of benzene rings is 2. The van der Waals surface area contributed by atoms with E-state index in [2.05, 4.69) is 5.32 Å². The lowest BCUT2D eigenvalue weighted by Crippen LogP contribution is -2.48. The van der Waals surface area contributed by atoms with E-state index in [0.29, 0.717) is 13.1 Å². The Bertz CT molecular complexity index is 774. The van der Waals surface area contributed by atoms with E-state index in [1.54, 1.807) is 24.0 Å². The maximum atomic E-state index is 13.1. The molecule has 0 heterocycles. The second-order valence-corrected chi connectivity index (χ2v) is 6.72. The molecule has 5 heteroatoms. The molecule has 0 unspecified atom stereocenters. The zero-order valence-electron chi connectivity index (χ0n) is 16.2. The Balaban J connectivity index is 2.21. The Morgan fingerprint density at radius 3 is 2.41 bits per heavy atom. The van der Waals surface area contributed by atoms with Crippen LogP contribution in [0.25, 0.3) is 0 Å². The van der Waals surface area contributed by atoms with E-state index in [1.807, 2.05) is 38.1 Å². The third-order valence-corrected chi connectivity index (χ3v) is 4.59. The van der Waals surface area contributed by atoms with Gasteiger partial charge in [-0.3, -0.25) is 9.59 Å². The third-order valence-electron chi connectivity index (χ3n) is 4.59. The lowest BCUT2D eigenvalue weighted by molar-refractivity contribution is -0.140. The minimum Gasteiger partial charge on any atom is -0.354 e. The lowest BCUT2D eigenvalue weighted by atomic mass is 10.1. The quantitative estimate of drug-likeness (QED) is 0.772. The largest absolute Gasteiger partial charge is 0.354 e. The fourth-order valence-corrected chi connectivity index (χ4v) is 2.83. The van der Waals surface area contributed by atoms with Crippen molar-refractivity contribution in [2.75, 3.05) is 6.54 Å². The molecule has 144 valence electrons. The average molecular weight is 370 g/mol. The van der Waals surface area contributed by atoms with Gasteiger partial charge in [-0.15, -0.1) is 0 Å². The van der Waals surface area contributed by atoms with Crippen molar-refractivity contribution in [1.82, 2.24) is 10.2 Å². The molecule has 2 aromatic carbocycles. The lowest BCUT2D eigenvalue weighted by Gasteiger charge is -2.29. The minimum absolute atomic E-state index is 0.123. The van der Waals surface area contributed by atoms with Gasteiger partial charge in [0.25, 0.3) is 0 Å². The molecule has 1 N–H and O–H groups in total. The highest BCUT2D eigenvalue weighted by Crippen LogP contribution is 2.15. The summed E-state index contributed by atoms with van der Waals surface area (Å²) in [6.45, 7) is 6.64. The van der Waals surface area contributed by atoms with Gasteiger partial charge in [0.1, 0.15) is 11.9 Å². The van der Waals surface area contributed by atoms with Gasteiger partial charge in [0.15, 0.2) is 0 Å². The highest BCUT2D eigenvalue weighted by atomic mass is 19.1. The topological polar surface area (TPSA) is 49.4 Å². The van der Waals surface area contributed by atoms with Crippen LogP contribution >= 0.6 is 0 Å². The van der Waals surface area contributed by atoms with Crippen molar-refractivity contribution in [2.24, 2.45) is 0 Å². The standard InChI is InChI=1S/C22H27FN2O2/c1-4-13-24-22(27)17(3)25(15-19-8-6-5-7-16(19)2)21(26)14-18-9-11-20(23)12-10-18/h5-12,17H,4,13-15H2,1-3H3,(H,24,27)/t17-/m0/s1. The van der Waals surface area contributed by atoms with Crippen molar-refractivity contribution >= 4 is 11.8 Å². The molecule has 2 aromatic rings. The summed E-state index contributed by atoms with van der Waals surface area (Å²) in [5.74, 6) is -0.669. The van der Waals surface area contributed by atoms with Crippen molar-refractivity contribution in [3.8, 4) is 0 Å². The first kappa shape index (κ1) is 20.6. The number of halogens is 1. The number of hydrogen-bond donors (Lipinski definition) is 1. The van der Waals surface area contributed by atoms with Gasteiger partial charge in [0, 0.05) is 13.1 Å². The smallest absolute Gasteiger partial charge is 0.242 e. The Morgan fingerprint density at radius 1 is 1.11 bits per heavy atom. The molecular formula is C22H27FN2O2. The number of nitrogens with zero attached hydrogens (tertiary/aromatic N) is 1. The van der Waals surface area contributed by atoms with Crippen LogP contribution in [0.4, 0.5) is 4.39 Å². The summed E-state index contributed by atoms with van der Waals surface area (Å²) < 4.78 is 13.1. The summed E-state index contributed by atoms with van der Waals surface area (Å²) in [6, 6.07) is 13.1. The van der Waals surface area contributed by atoms with Gasteiger partial charge in [-0.05, 0) is 49.1 Å². The molecule has 2 amide bonds. The summed E-state index contributed by atoms with van der Waals surface area (Å²) >= 11 is 0. The van der Waals surface area contributed by atoms with Crippen molar-refractivity contribution in [3.05, 3.63) is 71.0 Å². The van der Waals surface area contributed by atoms with Crippen LogP contribution in [0.15, 0.2) is 48.5 Å². The summed E-state index contributed by atoms with van der Waals surface area (Å²) in [4.78, 5) is 27.0. The van der Waals surface area contributed by atoms with E-state index in [-0.39, 0.29) is 24.1 Å². The van der Waals surface area contributed by atoms with E-state index < -0.39 is 6.04 Å². The first-order valence-corrected chi connectivity index (χ1v) is 9.28. The number of rotatable bonds is 8. The molecule has 0 aromatic heterocycles. The van der Waals surface area contributed by atoms with Crippen molar-refractivity contribution in [2.45, 2.75) is 46.2 Å². The summed E-state index contributed by atoms with van der Waals surface area (Å²) in [5.41, 5.74) is 2.79. The van der Waals surface area contributed by atoms with Crippen molar-refractivity contribution in [1.29, 1.82) is 0 Å². The van der Waals surface area contributed by atoms with Crippen LogP contribution < -0.4 is 5.32 Å². The van der Waals surface area contributed by atoms with Gasteiger partial charge in [-0.2, -0.15) is 0 Å². The van der Waals surface area contributed by atoms with Crippen LogP contribution in [-0.2, 0) is 22.6 Å². The molecule has 0 fully saturated rings. The molecule has 0 aliphatic carbocycles. The number of carbonyl (C=O) groups is 2. The Hall–Kier alpha value is -2.69. The van der Waals surface area contributed by atoms with Crippen LogP contribution in [0.1, 0.15) is 37.0 Å². The van der Waals surface area contributed by atoms with Crippen molar-refractivity contribution in [3.63, 3.8) is 0 Å². The predicted molar refractivity (Wildman–Crippen MR) is 105 cm³/mol. The summed E-state index contributed by atoms with van der Waals surface area (Å²) in [5, 5.41) is 2.86. The number of amides is 2. The fourth-order valence-electron chi connectivity index (χ4n) is 2.83. The van der Waals surface area contributed by atoms with E-state index in [4.69, 9.17) is 0 Å². The van der Waals surface area contributed by atoms with Crippen LogP contribution in [0, 0.1) is 12.7 Å². The Morgan fingerprint density at radius 2 is 1.78 bits per heavy atom. The molecule has 4 nitrogen and oxygen atoms in total. The predicted octanol–water partition coefficient (Wildman–Crippen LogP) is 3.62. The average Bonchev–Trinajstić information content (AvgIpc) is 2.66. The zero-order chi connectivity index (χ0) is 19.8. The van der Waals surface area contributed by atoms with Gasteiger partial charge in [0.05, 0.1) is 6.42 Å². The zero-order valence-corrected chi connectivity index (χ0v) is 16.2. The molecule has 0 saturated carbocycles. The number of aryl methyl sites for hydroxylation is 1. The number of hydrogen-bond acceptors (Lipinski definition) is 2. The van der Waals surface area contributed by atoms with Crippen LogP contribution in [-0.4, -0.2) is 29.3 Å². The SMILES string of the molecule is CCCNC(=O)[C@H](C)N(Cc1ccccc1C)C(=O)Cc1ccc(F)cc1. The molecule has 0 radical (unpaired) electrons. The maximum absolute atomic E-state index is 13.1. The van der Waals surface area contributed by atoms with Gasteiger partial charge >= 0.3 is 0 Å². The van der Waals surface area contributed by atoms with E-state index in [1.165, 1.54) is 12.1 Å². The van der Waals surface area contributed by atoms with Gasteiger partial charge < -0.3 is 10.2 Å².